The molecule has 0 heterocycles. The third-order valence-corrected chi connectivity index (χ3v) is 3.59. The van der Waals surface area contributed by atoms with Gasteiger partial charge in [0.1, 0.15) is 5.92 Å². The molecule has 22 heavy (non-hydrogen) atoms. The SMILES string of the molecule is CCOC(=O)[C@@H]1C(=O)C=C(Nc2ccc(C#N)cc2)C[C@H]1C. The van der Waals surface area contributed by atoms with Crippen LogP contribution < -0.4 is 5.32 Å². The number of hydrogen-bond acceptors (Lipinski definition) is 5. The molecular weight excluding hydrogens is 280 g/mol. The van der Waals surface area contributed by atoms with Gasteiger partial charge in [0.05, 0.1) is 18.2 Å². The molecule has 1 N–H and O–H groups in total. The van der Waals surface area contributed by atoms with Crippen LogP contribution in [0.15, 0.2) is 36.0 Å². The van der Waals surface area contributed by atoms with Gasteiger partial charge in [0.15, 0.2) is 5.78 Å². The van der Waals surface area contributed by atoms with E-state index >= 15 is 0 Å². The second kappa shape index (κ2) is 6.90. The zero-order valence-electron chi connectivity index (χ0n) is 12.6. The molecular formula is C17H18N2O3. The molecule has 0 aromatic heterocycles. The lowest BCUT2D eigenvalue weighted by Gasteiger charge is -2.26. The van der Waals surface area contributed by atoms with Crippen molar-refractivity contribution in [1.29, 1.82) is 5.26 Å². The van der Waals surface area contributed by atoms with E-state index in [0.29, 0.717) is 12.0 Å². The molecule has 0 aliphatic heterocycles. The maximum atomic E-state index is 12.2. The van der Waals surface area contributed by atoms with E-state index in [-0.39, 0.29) is 18.3 Å². The number of carbonyl (C=O) groups excluding carboxylic acids is 2. The third-order valence-electron chi connectivity index (χ3n) is 3.59. The van der Waals surface area contributed by atoms with Gasteiger partial charge in [0.25, 0.3) is 0 Å². The van der Waals surface area contributed by atoms with E-state index < -0.39 is 11.9 Å². The van der Waals surface area contributed by atoms with Gasteiger partial charge in [-0.25, -0.2) is 0 Å². The first-order chi connectivity index (χ1) is 10.5. The fourth-order valence-corrected chi connectivity index (χ4v) is 2.55. The molecule has 0 radical (unpaired) electrons. The molecule has 1 aliphatic carbocycles. The van der Waals surface area contributed by atoms with Crippen molar-refractivity contribution in [2.45, 2.75) is 20.3 Å². The van der Waals surface area contributed by atoms with Crippen LogP contribution in [0.3, 0.4) is 0 Å². The molecule has 2 atom stereocenters. The van der Waals surface area contributed by atoms with Gasteiger partial charge >= 0.3 is 5.97 Å². The molecule has 1 aromatic rings. The molecule has 0 saturated heterocycles. The van der Waals surface area contributed by atoms with Gasteiger partial charge in [-0.15, -0.1) is 0 Å². The Balaban J connectivity index is 2.10. The summed E-state index contributed by atoms with van der Waals surface area (Å²) >= 11 is 0. The van der Waals surface area contributed by atoms with E-state index in [9.17, 15) is 9.59 Å². The summed E-state index contributed by atoms with van der Waals surface area (Å²) in [7, 11) is 0. The molecule has 5 heteroatoms. The van der Waals surface area contributed by atoms with Gasteiger partial charge in [-0.3, -0.25) is 9.59 Å². The van der Waals surface area contributed by atoms with Gasteiger partial charge in [-0.2, -0.15) is 5.26 Å². The van der Waals surface area contributed by atoms with Crippen LogP contribution in [0.25, 0.3) is 0 Å². The number of allylic oxidation sites excluding steroid dienone is 2. The summed E-state index contributed by atoms with van der Waals surface area (Å²) in [6.45, 7) is 3.87. The van der Waals surface area contributed by atoms with Crippen molar-refractivity contribution < 1.29 is 14.3 Å². The summed E-state index contributed by atoms with van der Waals surface area (Å²) in [5.74, 6) is -1.51. The number of benzene rings is 1. The highest BCUT2D eigenvalue weighted by atomic mass is 16.5. The van der Waals surface area contributed by atoms with E-state index in [2.05, 4.69) is 11.4 Å². The lowest BCUT2D eigenvalue weighted by Crippen LogP contribution is -2.34. The van der Waals surface area contributed by atoms with Gasteiger partial charge in [-0.05, 0) is 43.5 Å². The average Bonchev–Trinajstić information content (AvgIpc) is 2.47. The van der Waals surface area contributed by atoms with E-state index in [4.69, 9.17) is 10.00 Å². The Labute approximate surface area is 129 Å². The first-order valence-electron chi connectivity index (χ1n) is 7.23. The predicted molar refractivity (Wildman–Crippen MR) is 81.8 cm³/mol. The van der Waals surface area contributed by atoms with E-state index in [1.807, 2.05) is 6.92 Å². The Morgan fingerprint density at radius 1 is 1.41 bits per heavy atom. The number of ether oxygens (including phenoxy) is 1. The van der Waals surface area contributed by atoms with Crippen LogP contribution in [0, 0.1) is 23.2 Å². The van der Waals surface area contributed by atoms with Gasteiger partial charge in [0.2, 0.25) is 0 Å². The van der Waals surface area contributed by atoms with Crippen LogP contribution in [0.1, 0.15) is 25.8 Å². The number of nitrogens with zero attached hydrogens (tertiary/aromatic N) is 1. The van der Waals surface area contributed by atoms with Crippen LogP contribution in [0.4, 0.5) is 5.69 Å². The predicted octanol–water partition coefficient (Wildman–Crippen LogP) is 2.64. The summed E-state index contributed by atoms with van der Waals surface area (Å²) in [6, 6.07) is 9.04. The quantitative estimate of drug-likeness (QED) is 0.683. The highest BCUT2D eigenvalue weighted by Gasteiger charge is 2.36. The Morgan fingerprint density at radius 3 is 2.64 bits per heavy atom. The molecule has 1 aliphatic rings. The van der Waals surface area contributed by atoms with Crippen molar-refractivity contribution in [2.24, 2.45) is 11.8 Å². The van der Waals surface area contributed by atoms with E-state index in [1.165, 1.54) is 6.08 Å². The van der Waals surface area contributed by atoms with Crippen molar-refractivity contribution in [3.8, 4) is 6.07 Å². The lowest BCUT2D eigenvalue weighted by atomic mass is 9.82. The fraction of sp³-hybridized carbons (Fsp3) is 0.353. The van der Waals surface area contributed by atoms with Crippen molar-refractivity contribution in [3.63, 3.8) is 0 Å². The van der Waals surface area contributed by atoms with Crippen LogP contribution >= 0.6 is 0 Å². The molecule has 0 amide bonds. The molecule has 0 spiro atoms. The van der Waals surface area contributed by atoms with Crippen molar-refractivity contribution in [3.05, 3.63) is 41.6 Å². The second-order valence-electron chi connectivity index (χ2n) is 5.30. The molecule has 0 fully saturated rings. The average molecular weight is 298 g/mol. The minimum Gasteiger partial charge on any atom is -0.465 e. The lowest BCUT2D eigenvalue weighted by molar-refractivity contribution is -0.152. The van der Waals surface area contributed by atoms with Gasteiger partial charge < -0.3 is 10.1 Å². The highest BCUT2D eigenvalue weighted by Crippen LogP contribution is 2.29. The number of anilines is 1. The molecule has 2 rings (SSSR count). The van der Waals surface area contributed by atoms with Crippen LogP contribution in [0.5, 0.6) is 0 Å². The monoisotopic (exact) mass is 298 g/mol. The minimum atomic E-state index is -0.716. The highest BCUT2D eigenvalue weighted by molar-refractivity contribution is 6.06. The number of hydrogen-bond donors (Lipinski definition) is 1. The third kappa shape index (κ3) is 3.53. The van der Waals surface area contributed by atoms with Crippen LogP contribution in [-0.4, -0.2) is 18.4 Å². The van der Waals surface area contributed by atoms with Crippen LogP contribution in [0.2, 0.25) is 0 Å². The topological polar surface area (TPSA) is 79.2 Å². The van der Waals surface area contributed by atoms with Crippen LogP contribution in [-0.2, 0) is 14.3 Å². The first-order valence-corrected chi connectivity index (χ1v) is 7.23. The molecule has 0 saturated carbocycles. The Hall–Kier alpha value is -2.61. The Morgan fingerprint density at radius 2 is 2.09 bits per heavy atom. The number of nitrogens with one attached hydrogen (secondary N) is 1. The Kier molecular flexibility index (Phi) is 4.95. The summed E-state index contributed by atoms with van der Waals surface area (Å²) in [5.41, 5.74) is 2.15. The number of carbonyl (C=O) groups is 2. The van der Waals surface area contributed by atoms with Crippen molar-refractivity contribution >= 4 is 17.4 Å². The summed E-state index contributed by atoms with van der Waals surface area (Å²) in [6.07, 6.45) is 2.06. The molecule has 114 valence electrons. The van der Waals surface area contributed by atoms with Gasteiger partial charge in [-0.1, -0.05) is 6.92 Å². The summed E-state index contributed by atoms with van der Waals surface area (Å²) < 4.78 is 4.96. The standard InChI is InChI=1S/C17H18N2O3/c1-3-22-17(21)16-11(2)8-14(9-15(16)20)19-13-6-4-12(10-18)5-7-13/h4-7,9,11,16,19H,3,8H2,1-2H3/t11-,16+/m1/s1. The molecule has 0 bridgehead atoms. The fourth-order valence-electron chi connectivity index (χ4n) is 2.55. The molecule has 0 unspecified atom stereocenters. The minimum absolute atomic E-state index is 0.113. The zero-order valence-corrected chi connectivity index (χ0v) is 12.6. The second-order valence-corrected chi connectivity index (χ2v) is 5.30. The summed E-state index contributed by atoms with van der Waals surface area (Å²) in [4.78, 5) is 24.0. The van der Waals surface area contributed by atoms with Gasteiger partial charge in [0, 0.05) is 17.5 Å². The smallest absolute Gasteiger partial charge is 0.317 e. The normalized spacial score (nSPS) is 20.8. The zero-order chi connectivity index (χ0) is 16.1. The van der Waals surface area contributed by atoms with Crippen molar-refractivity contribution in [2.75, 3.05) is 11.9 Å². The maximum Gasteiger partial charge on any atom is 0.317 e. The Bertz CT molecular complexity index is 641. The molecule has 1 aromatic carbocycles. The van der Waals surface area contributed by atoms with Crippen molar-refractivity contribution in [1.82, 2.24) is 0 Å². The maximum absolute atomic E-state index is 12.2. The number of esters is 1. The number of ketones is 1. The van der Waals surface area contributed by atoms with E-state index in [1.54, 1.807) is 31.2 Å². The largest absolute Gasteiger partial charge is 0.465 e. The number of nitriles is 1. The molecule has 5 nitrogen and oxygen atoms in total. The first kappa shape index (κ1) is 15.8. The summed E-state index contributed by atoms with van der Waals surface area (Å²) in [5, 5.41) is 11.9. The number of rotatable bonds is 4. The van der Waals surface area contributed by atoms with E-state index in [0.717, 1.165) is 11.4 Å².